The summed E-state index contributed by atoms with van der Waals surface area (Å²) in [5.74, 6) is -1.12. The van der Waals surface area contributed by atoms with Gasteiger partial charge >= 0.3 is 5.97 Å². The standard InChI is InChI=1S/C11H16N2O4S2/c1-8-10(18-7-12-8)4-6-19(16,17)13-5-2-3-9(13)11(14)15/h7,9H,2-6H2,1H3,(H,14,15)/t9-/m0/s1. The third-order valence-corrected chi connectivity index (χ3v) is 6.14. The van der Waals surface area contributed by atoms with Gasteiger partial charge in [0, 0.05) is 11.4 Å². The third-order valence-electron chi connectivity index (χ3n) is 3.28. The zero-order valence-electron chi connectivity index (χ0n) is 10.6. The molecule has 1 fully saturated rings. The molecule has 0 bridgehead atoms. The summed E-state index contributed by atoms with van der Waals surface area (Å²) in [5, 5.41) is 9.03. The highest BCUT2D eigenvalue weighted by Crippen LogP contribution is 2.23. The highest BCUT2D eigenvalue weighted by Gasteiger charge is 2.38. The molecule has 1 aromatic rings. The monoisotopic (exact) mass is 304 g/mol. The predicted octanol–water partition coefficient (Wildman–Crippen LogP) is 0.873. The maximum Gasteiger partial charge on any atom is 0.322 e. The first-order chi connectivity index (χ1) is 8.92. The molecule has 8 heteroatoms. The number of aryl methyl sites for hydroxylation is 2. The van der Waals surface area contributed by atoms with Crippen molar-refractivity contribution in [2.45, 2.75) is 32.2 Å². The Hall–Kier alpha value is -0.990. The Morgan fingerprint density at radius 3 is 2.95 bits per heavy atom. The number of rotatable bonds is 5. The van der Waals surface area contributed by atoms with Crippen LogP contribution in [-0.2, 0) is 21.2 Å². The van der Waals surface area contributed by atoms with Crippen LogP contribution in [0.1, 0.15) is 23.4 Å². The fraction of sp³-hybridized carbons (Fsp3) is 0.636. The molecule has 1 aromatic heterocycles. The second-order valence-corrected chi connectivity index (χ2v) is 7.51. The average Bonchev–Trinajstić information content (AvgIpc) is 2.95. The van der Waals surface area contributed by atoms with Crippen LogP contribution in [0.15, 0.2) is 5.51 Å². The largest absolute Gasteiger partial charge is 0.480 e. The van der Waals surface area contributed by atoms with Gasteiger partial charge in [0.25, 0.3) is 0 Å². The van der Waals surface area contributed by atoms with Crippen molar-refractivity contribution < 1.29 is 18.3 Å². The molecule has 1 saturated heterocycles. The fourth-order valence-corrected chi connectivity index (χ4v) is 4.82. The summed E-state index contributed by atoms with van der Waals surface area (Å²) < 4.78 is 25.5. The highest BCUT2D eigenvalue weighted by molar-refractivity contribution is 7.89. The molecule has 0 aliphatic carbocycles. The van der Waals surface area contributed by atoms with Crippen molar-refractivity contribution in [2.24, 2.45) is 0 Å². The molecule has 6 nitrogen and oxygen atoms in total. The van der Waals surface area contributed by atoms with Crippen LogP contribution in [0.4, 0.5) is 0 Å². The number of nitrogens with zero attached hydrogens (tertiary/aromatic N) is 2. The minimum atomic E-state index is -3.52. The minimum absolute atomic E-state index is 0.0557. The van der Waals surface area contributed by atoms with Crippen molar-refractivity contribution in [2.75, 3.05) is 12.3 Å². The molecule has 1 atom stereocenters. The molecule has 106 valence electrons. The van der Waals surface area contributed by atoms with Gasteiger partial charge in [-0.25, -0.2) is 13.4 Å². The van der Waals surface area contributed by atoms with Gasteiger partial charge in [0.1, 0.15) is 6.04 Å². The Morgan fingerprint density at radius 2 is 2.37 bits per heavy atom. The van der Waals surface area contributed by atoms with Crippen LogP contribution in [-0.4, -0.2) is 47.1 Å². The second kappa shape index (κ2) is 5.56. The molecule has 1 aliphatic rings. The molecule has 1 aliphatic heterocycles. The number of carboxylic acids is 1. The zero-order chi connectivity index (χ0) is 14.0. The second-order valence-electron chi connectivity index (χ2n) is 4.53. The van der Waals surface area contributed by atoms with Crippen LogP contribution in [0, 0.1) is 6.92 Å². The number of hydrogen-bond donors (Lipinski definition) is 1. The summed E-state index contributed by atoms with van der Waals surface area (Å²) in [6, 6.07) is -0.896. The number of hydrogen-bond acceptors (Lipinski definition) is 5. The van der Waals surface area contributed by atoms with Crippen LogP contribution in [0.3, 0.4) is 0 Å². The Bertz CT molecular complexity index is 567. The lowest BCUT2D eigenvalue weighted by Gasteiger charge is -2.20. The van der Waals surface area contributed by atoms with Gasteiger partial charge < -0.3 is 5.11 Å². The topological polar surface area (TPSA) is 87.6 Å². The average molecular weight is 304 g/mol. The van der Waals surface area contributed by atoms with Gasteiger partial charge in [-0.1, -0.05) is 0 Å². The van der Waals surface area contributed by atoms with Crippen molar-refractivity contribution >= 4 is 27.3 Å². The van der Waals surface area contributed by atoms with Crippen molar-refractivity contribution in [1.82, 2.24) is 9.29 Å². The van der Waals surface area contributed by atoms with Crippen LogP contribution >= 0.6 is 11.3 Å². The molecule has 19 heavy (non-hydrogen) atoms. The number of carbonyl (C=O) groups is 1. The summed E-state index contributed by atoms with van der Waals surface area (Å²) in [7, 11) is -3.52. The lowest BCUT2D eigenvalue weighted by atomic mass is 10.2. The van der Waals surface area contributed by atoms with Gasteiger partial charge in [0.2, 0.25) is 10.0 Å². The normalized spacial score (nSPS) is 20.8. The van der Waals surface area contributed by atoms with Crippen LogP contribution in [0.5, 0.6) is 0 Å². The molecule has 0 spiro atoms. The van der Waals surface area contributed by atoms with E-state index >= 15 is 0 Å². The van der Waals surface area contributed by atoms with Crippen molar-refractivity contribution in [3.63, 3.8) is 0 Å². The summed E-state index contributed by atoms with van der Waals surface area (Å²) in [4.78, 5) is 16.0. The number of carboxylic acid groups (broad SMARTS) is 1. The summed E-state index contributed by atoms with van der Waals surface area (Å²) in [6.45, 7) is 2.15. The molecule has 0 unspecified atom stereocenters. The van der Waals surface area contributed by atoms with Crippen molar-refractivity contribution in [3.05, 3.63) is 16.1 Å². The summed E-state index contributed by atoms with van der Waals surface area (Å²) >= 11 is 1.43. The molecule has 2 rings (SSSR count). The molecular formula is C11H16N2O4S2. The van der Waals surface area contributed by atoms with E-state index in [1.807, 2.05) is 6.92 Å². The van der Waals surface area contributed by atoms with E-state index in [0.717, 1.165) is 14.9 Å². The van der Waals surface area contributed by atoms with Crippen LogP contribution < -0.4 is 0 Å². The smallest absolute Gasteiger partial charge is 0.322 e. The Balaban J connectivity index is 2.06. The van der Waals surface area contributed by atoms with Crippen LogP contribution in [0.25, 0.3) is 0 Å². The van der Waals surface area contributed by atoms with Crippen molar-refractivity contribution in [3.8, 4) is 0 Å². The van der Waals surface area contributed by atoms with Gasteiger partial charge in [-0.3, -0.25) is 4.79 Å². The minimum Gasteiger partial charge on any atom is -0.480 e. The number of sulfonamides is 1. The molecule has 0 saturated carbocycles. The fourth-order valence-electron chi connectivity index (χ4n) is 2.22. The number of thiazole rings is 1. The van der Waals surface area contributed by atoms with E-state index in [4.69, 9.17) is 5.11 Å². The Labute approximate surface area is 116 Å². The van der Waals surface area contributed by atoms with E-state index in [0.29, 0.717) is 25.8 Å². The predicted molar refractivity (Wildman–Crippen MR) is 71.7 cm³/mol. The molecule has 2 heterocycles. The Morgan fingerprint density at radius 1 is 1.63 bits per heavy atom. The van der Waals surface area contributed by atoms with Crippen molar-refractivity contribution in [1.29, 1.82) is 0 Å². The Kier molecular flexibility index (Phi) is 4.22. The van der Waals surface area contributed by atoms with Gasteiger partial charge in [-0.2, -0.15) is 4.31 Å². The van der Waals surface area contributed by atoms with Gasteiger partial charge in [0.15, 0.2) is 0 Å². The number of aromatic nitrogens is 1. The van der Waals surface area contributed by atoms with E-state index in [9.17, 15) is 13.2 Å². The van der Waals surface area contributed by atoms with E-state index in [1.165, 1.54) is 11.3 Å². The maximum absolute atomic E-state index is 12.2. The summed E-state index contributed by atoms with van der Waals surface area (Å²) in [6.07, 6.45) is 1.39. The molecule has 0 aromatic carbocycles. The first kappa shape index (κ1) is 14.4. The molecule has 0 amide bonds. The zero-order valence-corrected chi connectivity index (χ0v) is 12.2. The first-order valence-electron chi connectivity index (χ1n) is 6.03. The lowest BCUT2D eigenvalue weighted by Crippen LogP contribution is -2.41. The molecule has 0 radical (unpaired) electrons. The summed E-state index contributed by atoms with van der Waals surface area (Å²) in [5.41, 5.74) is 2.53. The number of aliphatic carboxylic acids is 1. The van der Waals surface area contributed by atoms with E-state index in [1.54, 1.807) is 5.51 Å². The lowest BCUT2D eigenvalue weighted by molar-refractivity contribution is -0.140. The van der Waals surface area contributed by atoms with Crippen LogP contribution in [0.2, 0.25) is 0 Å². The SMILES string of the molecule is Cc1ncsc1CCS(=O)(=O)N1CCC[C@H]1C(=O)O. The molecular weight excluding hydrogens is 288 g/mol. The highest BCUT2D eigenvalue weighted by atomic mass is 32.2. The van der Waals surface area contributed by atoms with Gasteiger partial charge in [-0.05, 0) is 26.2 Å². The quantitative estimate of drug-likeness (QED) is 0.872. The first-order valence-corrected chi connectivity index (χ1v) is 8.52. The van der Waals surface area contributed by atoms with E-state index in [2.05, 4.69) is 4.98 Å². The van der Waals surface area contributed by atoms with E-state index < -0.39 is 22.0 Å². The van der Waals surface area contributed by atoms with Gasteiger partial charge in [0.05, 0.1) is 17.0 Å². The van der Waals surface area contributed by atoms with E-state index in [-0.39, 0.29) is 5.75 Å². The molecule has 1 N–H and O–H groups in total. The van der Waals surface area contributed by atoms with Gasteiger partial charge in [-0.15, -0.1) is 11.3 Å². The maximum atomic E-state index is 12.2. The third kappa shape index (κ3) is 3.13.